The summed E-state index contributed by atoms with van der Waals surface area (Å²) < 4.78 is 27.6. The summed E-state index contributed by atoms with van der Waals surface area (Å²) >= 11 is 2.84. The molecule has 2 heterocycles. The van der Waals surface area contributed by atoms with Gasteiger partial charge < -0.3 is 5.32 Å². The fourth-order valence-corrected chi connectivity index (χ4v) is 5.00. The van der Waals surface area contributed by atoms with E-state index >= 15 is 0 Å². The molecule has 2 aromatic heterocycles. The van der Waals surface area contributed by atoms with Crippen molar-refractivity contribution in [2.24, 2.45) is 0 Å². The highest BCUT2D eigenvalue weighted by Crippen LogP contribution is 2.21. The number of sulfonamides is 1. The second kappa shape index (κ2) is 7.51. The van der Waals surface area contributed by atoms with E-state index in [0.717, 1.165) is 29.0 Å². The lowest BCUT2D eigenvalue weighted by atomic mass is 10.3. The third-order valence-corrected chi connectivity index (χ3v) is 6.95. The average Bonchev–Trinajstić information content (AvgIpc) is 3.06. The van der Waals surface area contributed by atoms with Crippen molar-refractivity contribution in [3.8, 4) is 0 Å². The van der Waals surface area contributed by atoms with Crippen molar-refractivity contribution < 1.29 is 8.42 Å². The summed E-state index contributed by atoms with van der Waals surface area (Å²) in [6, 6.07) is 3.74. The normalized spacial score (nSPS) is 11.9. The zero-order chi connectivity index (χ0) is 15.3. The molecule has 0 fully saturated rings. The fourth-order valence-electron chi connectivity index (χ4n) is 1.81. The van der Waals surface area contributed by atoms with Crippen LogP contribution in [0.5, 0.6) is 0 Å². The Bertz CT molecular complexity index is 674. The van der Waals surface area contributed by atoms with Gasteiger partial charge in [0.25, 0.3) is 0 Å². The first-order valence-electron chi connectivity index (χ1n) is 6.83. The molecule has 0 atom stereocenters. The van der Waals surface area contributed by atoms with E-state index < -0.39 is 10.0 Å². The van der Waals surface area contributed by atoms with Gasteiger partial charge in [-0.05, 0) is 53.9 Å². The number of rotatable bonds is 8. The smallest absolute Gasteiger partial charge is 0.250 e. The maximum Gasteiger partial charge on any atom is 0.250 e. The van der Waals surface area contributed by atoms with E-state index in [4.69, 9.17) is 0 Å². The number of hydrogen-bond acceptors (Lipinski definition) is 5. The minimum Gasteiger partial charge on any atom is -0.313 e. The number of aryl methyl sites for hydroxylation is 1. The van der Waals surface area contributed by atoms with Gasteiger partial charge in [0.1, 0.15) is 4.21 Å². The highest BCUT2D eigenvalue weighted by atomic mass is 32.2. The van der Waals surface area contributed by atoms with E-state index in [1.54, 1.807) is 17.4 Å². The second-order valence-corrected chi connectivity index (χ2v) is 8.71. The van der Waals surface area contributed by atoms with Gasteiger partial charge in [0.15, 0.2) is 0 Å². The molecule has 0 unspecified atom stereocenters. The number of hydrogen-bond donors (Lipinski definition) is 2. The van der Waals surface area contributed by atoms with E-state index in [0.29, 0.717) is 17.3 Å². The fraction of sp³-hybridized carbons (Fsp3) is 0.429. The Balaban J connectivity index is 1.97. The molecule has 21 heavy (non-hydrogen) atoms. The Morgan fingerprint density at radius 1 is 1.24 bits per heavy atom. The predicted octanol–water partition coefficient (Wildman–Crippen LogP) is 3.10. The molecule has 0 saturated heterocycles. The largest absolute Gasteiger partial charge is 0.313 e. The Morgan fingerprint density at radius 3 is 2.71 bits per heavy atom. The molecule has 2 aromatic rings. The first kappa shape index (κ1) is 16.6. The van der Waals surface area contributed by atoms with Crippen LogP contribution >= 0.6 is 22.7 Å². The van der Waals surface area contributed by atoms with Crippen molar-refractivity contribution in [1.82, 2.24) is 10.0 Å². The summed E-state index contributed by atoms with van der Waals surface area (Å²) in [6.07, 6.45) is 1.07. The van der Waals surface area contributed by atoms with Gasteiger partial charge in [-0.15, -0.1) is 22.7 Å². The van der Waals surface area contributed by atoms with E-state index in [2.05, 4.69) is 17.0 Å². The molecule has 0 aliphatic heterocycles. The van der Waals surface area contributed by atoms with Gasteiger partial charge in [-0.3, -0.25) is 0 Å². The van der Waals surface area contributed by atoms with Crippen LogP contribution in [0.2, 0.25) is 0 Å². The summed E-state index contributed by atoms with van der Waals surface area (Å²) in [7, 11) is -3.42. The second-order valence-electron chi connectivity index (χ2n) is 4.80. The lowest BCUT2D eigenvalue weighted by Crippen LogP contribution is -2.22. The van der Waals surface area contributed by atoms with Gasteiger partial charge in [-0.1, -0.05) is 6.92 Å². The standard InChI is InChI=1S/C14H20N2O2S3/c1-3-5-15-8-12-7-14(20-10-12)21(17,18)16-9-13-11(2)4-6-19-13/h4,6-7,10,15-16H,3,5,8-9H2,1-2H3. The summed E-state index contributed by atoms with van der Waals surface area (Å²) in [6.45, 7) is 6.10. The van der Waals surface area contributed by atoms with Crippen molar-refractivity contribution in [2.75, 3.05) is 6.54 Å². The molecule has 0 radical (unpaired) electrons. The molecule has 0 bridgehead atoms. The van der Waals surface area contributed by atoms with Crippen molar-refractivity contribution in [1.29, 1.82) is 0 Å². The van der Waals surface area contributed by atoms with Crippen LogP contribution in [0.25, 0.3) is 0 Å². The topological polar surface area (TPSA) is 58.2 Å². The SMILES string of the molecule is CCCNCc1csc(S(=O)(=O)NCc2sccc2C)c1. The van der Waals surface area contributed by atoms with Crippen LogP contribution < -0.4 is 10.0 Å². The van der Waals surface area contributed by atoms with E-state index in [9.17, 15) is 8.42 Å². The van der Waals surface area contributed by atoms with Gasteiger partial charge in [0, 0.05) is 18.0 Å². The zero-order valence-electron chi connectivity index (χ0n) is 12.2. The third kappa shape index (κ3) is 4.62. The van der Waals surface area contributed by atoms with E-state index in [1.165, 1.54) is 11.3 Å². The maximum atomic E-state index is 12.3. The van der Waals surface area contributed by atoms with E-state index in [1.807, 2.05) is 23.8 Å². The molecule has 4 nitrogen and oxygen atoms in total. The van der Waals surface area contributed by atoms with Crippen LogP contribution in [0.4, 0.5) is 0 Å². The lowest BCUT2D eigenvalue weighted by Gasteiger charge is -2.04. The molecular formula is C14H20N2O2S3. The Kier molecular flexibility index (Phi) is 5.95. The lowest BCUT2D eigenvalue weighted by molar-refractivity contribution is 0.583. The first-order valence-corrected chi connectivity index (χ1v) is 10.1. The molecule has 2 rings (SSSR count). The van der Waals surface area contributed by atoms with Crippen LogP contribution in [0, 0.1) is 6.92 Å². The Morgan fingerprint density at radius 2 is 2.05 bits per heavy atom. The molecule has 0 aliphatic rings. The van der Waals surface area contributed by atoms with Gasteiger partial charge in [0.05, 0.1) is 0 Å². The molecule has 0 spiro atoms. The van der Waals surface area contributed by atoms with Gasteiger partial charge in [0.2, 0.25) is 10.0 Å². The van der Waals surface area contributed by atoms with Crippen molar-refractivity contribution in [2.45, 2.75) is 37.6 Å². The molecular weight excluding hydrogens is 324 g/mol. The highest BCUT2D eigenvalue weighted by Gasteiger charge is 2.17. The predicted molar refractivity (Wildman–Crippen MR) is 89.4 cm³/mol. The monoisotopic (exact) mass is 344 g/mol. The number of nitrogens with one attached hydrogen (secondary N) is 2. The minimum atomic E-state index is -3.42. The van der Waals surface area contributed by atoms with Gasteiger partial charge in [-0.25, -0.2) is 13.1 Å². The molecule has 0 amide bonds. The summed E-state index contributed by atoms with van der Waals surface area (Å²) in [4.78, 5) is 1.06. The molecule has 2 N–H and O–H groups in total. The molecule has 0 aliphatic carbocycles. The van der Waals surface area contributed by atoms with Crippen molar-refractivity contribution in [3.63, 3.8) is 0 Å². The zero-order valence-corrected chi connectivity index (χ0v) is 14.6. The van der Waals surface area contributed by atoms with Crippen LogP contribution in [0.1, 0.15) is 29.3 Å². The average molecular weight is 345 g/mol. The van der Waals surface area contributed by atoms with Crippen LogP contribution in [0.3, 0.4) is 0 Å². The maximum absolute atomic E-state index is 12.3. The van der Waals surface area contributed by atoms with Crippen molar-refractivity contribution in [3.05, 3.63) is 38.9 Å². The third-order valence-electron chi connectivity index (χ3n) is 3.04. The van der Waals surface area contributed by atoms with Gasteiger partial charge >= 0.3 is 0 Å². The van der Waals surface area contributed by atoms with E-state index in [-0.39, 0.29) is 0 Å². The van der Waals surface area contributed by atoms with Crippen molar-refractivity contribution >= 4 is 32.7 Å². The quantitative estimate of drug-likeness (QED) is 0.724. The molecule has 116 valence electrons. The summed E-state index contributed by atoms with van der Waals surface area (Å²) in [5, 5.41) is 7.14. The minimum absolute atomic E-state index is 0.354. The Labute approximate surface area is 134 Å². The summed E-state index contributed by atoms with van der Waals surface area (Å²) in [5.41, 5.74) is 2.14. The molecule has 0 saturated carbocycles. The van der Waals surface area contributed by atoms with Gasteiger partial charge in [-0.2, -0.15) is 0 Å². The van der Waals surface area contributed by atoms with Crippen LogP contribution in [-0.2, 0) is 23.1 Å². The van der Waals surface area contributed by atoms with Crippen LogP contribution in [-0.4, -0.2) is 15.0 Å². The molecule has 0 aromatic carbocycles. The molecule has 7 heteroatoms. The first-order chi connectivity index (χ1) is 10.0. The number of thiophene rings is 2. The highest BCUT2D eigenvalue weighted by molar-refractivity contribution is 7.91. The summed E-state index contributed by atoms with van der Waals surface area (Å²) in [5.74, 6) is 0. The Hall–Kier alpha value is -0.730. The van der Waals surface area contributed by atoms with Crippen LogP contribution in [0.15, 0.2) is 27.1 Å².